The summed E-state index contributed by atoms with van der Waals surface area (Å²) >= 11 is 1.71. The molecule has 0 heterocycles. The van der Waals surface area contributed by atoms with Gasteiger partial charge in [0.05, 0.1) is 17.9 Å². The first-order valence-electron chi connectivity index (χ1n) is 16.0. The van der Waals surface area contributed by atoms with Crippen LogP contribution >= 0.6 is 0 Å². The minimum atomic E-state index is -1.13. The maximum Gasteiger partial charge on any atom is 0.0721 e. The fraction of sp³-hybridized carbons (Fsp3) is 0.195. The summed E-state index contributed by atoms with van der Waals surface area (Å²) in [5.41, 5.74) is 0.745. The third-order valence-corrected chi connectivity index (χ3v) is 8.57. The molecule has 0 unspecified atom stereocenters. The van der Waals surface area contributed by atoms with Gasteiger partial charge in [0.25, 0.3) is 0 Å². The number of aromatic carboxylic acids is 3. The van der Waals surface area contributed by atoms with Crippen LogP contribution in [0.5, 0.6) is 0 Å². The van der Waals surface area contributed by atoms with Crippen LogP contribution in [0.3, 0.4) is 0 Å². The van der Waals surface area contributed by atoms with Gasteiger partial charge >= 0.3 is 72.4 Å². The van der Waals surface area contributed by atoms with Crippen molar-refractivity contribution in [3.8, 4) is 0 Å². The second-order valence-electron chi connectivity index (χ2n) is 11.0. The molecule has 0 atom stereocenters. The largest absolute Gasteiger partial charge is 0.545 e. The van der Waals surface area contributed by atoms with Gasteiger partial charge in [-0.1, -0.05) is 127 Å². The summed E-state index contributed by atoms with van der Waals surface area (Å²) in [7, 11) is 0. The summed E-state index contributed by atoms with van der Waals surface area (Å²) in [6, 6.07) is 37.5. The van der Waals surface area contributed by atoms with Gasteiger partial charge in [0.2, 0.25) is 0 Å². The van der Waals surface area contributed by atoms with E-state index in [1.54, 1.807) is 77.1 Å². The predicted molar refractivity (Wildman–Crippen MR) is 189 cm³/mol. The number of hydrogen-bond acceptors (Lipinski definition) is 6. The minimum absolute atomic E-state index is 0.248. The Balaban J connectivity index is 0.000000176. The van der Waals surface area contributed by atoms with Crippen molar-refractivity contribution in [3.05, 3.63) is 144 Å². The summed E-state index contributed by atoms with van der Waals surface area (Å²) in [6.45, 7) is 2.27. The van der Waals surface area contributed by atoms with Gasteiger partial charge in [-0.3, -0.25) is 0 Å². The van der Waals surface area contributed by atoms with Gasteiger partial charge in [-0.15, -0.1) is 0 Å². The third kappa shape index (κ3) is 11.5. The van der Waals surface area contributed by atoms with Gasteiger partial charge < -0.3 is 29.7 Å². The summed E-state index contributed by atoms with van der Waals surface area (Å²) in [6.07, 6.45) is 8.71. The maximum absolute atomic E-state index is 10.7. The fourth-order valence-corrected chi connectivity index (χ4v) is 5.83. The van der Waals surface area contributed by atoms with E-state index in [9.17, 15) is 29.7 Å². The quantitative estimate of drug-likeness (QED) is 0.123. The molecule has 6 aromatic rings. The number of unbranched alkanes of at least 4 members (excludes halogenated alkanes) is 5. The van der Waals surface area contributed by atoms with Crippen LogP contribution in [0.25, 0.3) is 32.3 Å². The van der Waals surface area contributed by atoms with E-state index in [1.165, 1.54) is 43.0 Å². The van der Waals surface area contributed by atoms with E-state index in [2.05, 4.69) is 6.92 Å². The van der Waals surface area contributed by atoms with Gasteiger partial charge in [0, 0.05) is 16.7 Å². The molecule has 48 heavy (non-hydrogen) atoms. The summed E-state index contributed by atoms with van der Waals surface area (Å²) < 4.78 is 1.46. The maximum atomic E-state index is 10.7. The zero-order valence-corrected chi connectivity index (χ0v) is 29.9. The minimum Gasteiger partial charge on any atom is -0.545 e. The Morgan fingerprint density at radius 2 is 0.729 bits per heavy atom. The molecule has 0 aliphatic carbocycles. The molecule has 0 aromatic heterocycles. The van der Waals surface area contributed by atoms with Gasteiger partial charge in [-0.25, -0.2) is 0 Å². The van der Waals surface area contributed by atoms with E-state index >= 15 is 0 Å². The Kier molecular flexibility index (Phi) is 16.1. The number of hydrogen-bond donors (Lipinski definition) is 0. The molecule has 0 spiro atoms. The average molecular weight is 745 g/mol. The third-order valence-electron chi connectivity index (χ3n) is 7.56. The number of rotatable bonds is 9. The van der Waals surface area contributed by atoms with Crippen molar-refractivity contribution in [2.75, 3.05) is 0 Å². The van der Waals surface area contributed by atoms with Crippen LogP contribution in [0.15, 0.2) is 127 Å². The molecule has 6 rings (SSSR count). The smallest absolute Gasteiger partial charge is 0.0721 e. The molecular formula is C41H38O6Sn. The normalized spacial score (nSPS) is 10.1. The van der Waals surface area contributed by atoms with Crippen LogP contribution in [0.1, 0.15) is 76.5 Å². The van der Waals surface area contributed by atoms with Crippen molar-refractivity contribution in [1.29, 1.82) is 0 Å². The molecular weight excluding hydrogens is 707 g/mol. The Bertz CT molecular complexity index is 1700. The first-order chi connectivity index (χ1) is 23.3. The number of benzene rings is 6. The second kappa shape index (κ2) is 20.5. The summed E-state index contributed by atoms with van der Waals surface area (Å²) in [5.74, 6) is -3.38. The van der Waals surface area contributed by atoms with Gasteiger partial charge in [-0.05, 0) is 32.3 Å². The summed E-state index contributed by atoms with van der Waals surface area (Å²) in [5, 5.41) is 37.1. The number of fused-ring (bicyclic) bond motifs is 3. The Morgan fingerprint density at radius 1 is 0.438 bits per heavy atom. The first-order valence-corrected chi connectivity index (χ1v) is 18.0. The zero-order valence-electron chi connectivity index (χ0n) is 27.0. The number of carbonyl (C=O) groups excluding carboxylic acids is 3. The predicted octanol–water partition coefficient (Wildman–Crippen LogP) is 6.54. The van der Waals surface area contributed by atoms with Crippen LogP contribution in [0.4, 0.5) is 0 Å². The molecule has 242 valence electrons. The van der Waals surface area contributed by atoms with E-state index in [0.717, 1.165) is 32.3 Å². The molecule has 0 aliphatic rings. The second-order valence-corrected chi connectivity index (χ2v) is 12.4. The van der Waals surface area contributed by atoms with Crippen molar-refractivity contribution in [1.82, 2.24) is 0 Å². The van der Waals surface area contributed by atoms with Crippen LogP contribution < -0.4 is 15.3 Å². The molecule has 6 aromatic carbocycles. The molecule has 0 N–H and O–H groups in total. The first kappa shape index (κ1) is 37.8. The number of carbonyl (C=O) groups is 3. The molecule has 0 saturated carbocycles. The van der Waals surface area contributed by atoms with Crippen LogP contribution in [0.2, 0.25) is 4.44 Å². The van der Waals surface area contributed by atoms with Crippen LogP contribution in [-0.2, 0) is 0 Å². The van der Waals surface area contributed by atoms with Crippen LogP contribution in [-0.4, -0.2) is 40.4 Å². The number of carboxylic acids is 3. The standard InChI is InChI=1S/3C11H8O2.C8H17.Sn/c3*12-11(13)10-7-3-5-8-4-1-2-6-9(8)10;1-3-5-7-8-6-4-2;/h3*1-7H,(H,12,13);1,3-8H2,2H3;/q;;;;+3/p-3. The molecule has 0 bridgehead atoms. The van der Waals surface area contributed by atoms with Gasteiger partial charge in [0.1, 0.15) is 0 Å². The van der Waals surface area contributed by atoms with Crippen molar-refractivity contribution in [3.63, 3.8) is 0 Å². The average Bonchev–Trinajstić information content (AvgIpc) is 3.11. The van der Waals surface area contributed by atoms with E-state index in [0.29, 0.717) is 0 Å². The van der Waals surface area contributed by atoms with E-state index in [-0.39, 0.29) is 16.7 Å². The molecule has 7 heteroatoms. The fourth-order valence-electron chi connectivity index (χ4n) is 5.12. The van der Waals surface area contributed by atoms with Gasteiger partial charge in [0.15, 0.2) is 0 Å². The molecule has 0 saturated heterocycles. The van der Waals surface area contributed by atoms with Crippen molar-refractivity contribution in [2.24, 2.45) is 0 Å². The van der Waals surface area contributed by atoms with Crippen molar-refractivity contribution < 1.29 is 29.7 Å². The molecule has 0 radical (unpaired) electrons. The van der Waals surface area contributed by atoms with Crippen molar-refractivity contribution in [2.45, 2.75) is 49.9 Å². The number of carboxylic acid groups (broad SMARTS) is 3. The van der Waals surface area contributed by atoms with Crippen molar-refractivity contribution >= 4 is 72.8 Å². The topological polar surface area (TPSA) is 120 Å². The molecule has 0 fully saturated rings. The van der Waals surface area contributed by atoms with E-state index in [1.807, 2.05) is 72.8 Å². The van der Waals surface area contributed by atoms with Gasteiger partial charge in [-0.2, -0.15) is 0 Å². The zero-order chi connectivity index (χ0) is 34.7. The Morgan fingerprint density at radius 3 is 1.04 bits per heavy atom. The van der Waals surface area contributed by atoms with E-state index < -0.39 is 17.9 Å². The summed E-state index contributed by atoms with van der Waals surface area (Å²) in [4.78, 5) is 32.1. The SMILES string of the molecule is CCCCCCC[CH2][Sn+3].O=C([O-])c1cccc2ccccc12.O=C([O-])c1cccc2ccccc12.O=C([O-])c1cccc2ccccc12. The molecule has 0 amide bonds. The Hall–Kier alpha value is -4.69. The monoisotopic (exact) mass is 746 g/mol. The van der Waals surface area contributed by atoms with E-state index in [4.69, 9.17) is 0 Å². The Labute approximate surface area is 295 Å². The molecule has 0 aliphatic heterocycles. The molecule has 6 nitrogen and oxygen atoms in total. The van der Waals surface area contributed by atoms with Crippen LogP contribution in [0, 0.1) is 0 Å².